The number of rotatable bonds is 7. The third kappa shape index (κ3) is 4.32. The number of nitrogens with two attached hydrogens (primary N) is 1. The molecule has 0 saturated carbocycles. The van der Waals surface area contributed by atoms with Crippen LogP contribution in [0, 0.1) is 17.1 Å². The highest BCUT2D eigenvalue weighted by Crippen LogP contribution is 2.16. The average Bonchev–Trinajstić information content (AvgIpc) is 2.38. The smallest absolute Gasteiger partial charge is 0.141 e. The van der Waals surface area contributed by atoms with E-state index in [1.807, 2.05) is 6.07 Å². The highest BCUT2D eigenvalue weighted by molar-refractivity contribution is 5.50. The van der Waals surface area contributed by atoms with E-state index in [9.17, 15) is 4.39 Å². The minimum Gasteiger partial charge on any atom is -0.383 e. The highest BCUT2D eigenvalue weighted by atomic mass is 19.1. The number of benzene rings is 1. The number of anilines is 1. The van der Waals surface area contributed by atoms with Crippen molar-refractivity contribution in [1.29, 1.82) is 5.26 Å². The van der Waals surface area contributed by atoms with Gasteiger partial charge in [-0.2, -0.15) is 5.26 Å². The zero-order chi connectivity index (χ0) is 13.4. The van der Waals surface area contributed by atoms with Gasteiger partial charge in [0.2, 0.25) is 0 Å². The molecule has 3 N–H and O–H groups in total. The van der Waals surface area contributed by atoms with Crippen molar-refractivity contribution >= 4 is 5.69 Å². The minimum absolute atomic E-state index is 0.0370. The van der Waals surface area contributed by atoms with Crippen LogP contribution in [0.2, 0.25) is 0 Å². The molecule has 0 bridgehead atoms. The largest absolute Gasteiger partial charge is 0.383 e. The Morgan fingerprint density at radius 2 is 2.33 bits per heavy atom. The van der Waals surface area contributed by atoms with Gasteiger partial charge in [0, 0.05) is 18.8 Å². The zero-order valence-corrected chi connectivity index (χ0v) is 10.4. The maximum Gasteiger partial charge on any atom is 0.141 e. The molecule has 18 heavy (non-hydrogen) atoms. The molecule has 0 aromatic heterocycles. The third-order valence-corrected chi connectivity index (χ3v) is 2.58. The van der Waals surface area contributed by atoms with Crippen molar-refractivity contribution in [2.45, 2.75) is 18.9 Å². The second-order valence-corrected chi connectivity index (χ2v) is 4.03. The fourth-order valence-electron chi connectivity index (χ4n) is 1.70. The minimum atomic E-state index is -0.506. The molecule has 0 heterocycles. The van der Waals surface area contributed by atoms with Crippen molar-refractivity contribution in [3.05, 3.63) is 29.6 Å². The molecule has 1 rings (SSSR count). The first-order chi connectivity index (χ1) is 8.71. The van der Waals surface area contributed by atoms with E-state index in [1.54, 1.807) is 13.2 Å². The molecule has 0 aliphatic heterocycles. The molecular weight excluding hydrogens is 233 g/mol. The summed E-state index contributed by atoms with van der Waals surface area (Å²) in [7, 11) is 1.63. The number of nitrogens with one attached hydrogen (secondary N) is 1. The van der Waals surface area contributed by atoms with E-state index in [-0.39, 0.29) is 11.6 Å². The van der Waals surface area contributed by atoms with Crippen LogP contribution in [0.1, 0.15) is 18.4 Å². The number of nitriles is 1. The number of methoxy groups -OCH3 is 1. The molecule has 0 saturated heterocycles. The second kappa shape index (κ2) is 7.64. The van der Waals surface area contributed by atoms with Gasteiger partial charge >= 0.3 is 0 Å². The summed E-state index contributed by atoms with van der Waals surface area (Å²) in [6.45, 7) is 1.16. The van der Waals surface area contributed by atoms with Gasteiger partial charge in [-0.1, -0.05) is 0 Å². The first-order valence-corrected chi connectivity index (χ1v) is 5.86. The number of halogens is 1. The number of ether oxygens (including phenoxy) is 1. The molecule has 0 aliphatic rings. The number of hydrogen-bond acceptors (Lipinski definition) is 4. The van der Waals surface area contributed by atoms with Gasteiger partial charge in [0.25, 0.3) is 0 Å². The summed E-state index contributed by atoms with van der Waals surface area (Å²) in [4.78, 5) is 0. The van der Waals surface area contributed by atoms with Crippen LogP contribution < -0.4 is 11.1 Å². The lowest BCUT2D eigenvalue weighted by Crippen LogP contribution is -2.25. The van der Waals surface area contributed by atoms with Gasteiger partial charge in [0.15, 0.2) is 0 Å². The van der Waals surface area contributed by atoms with E-state index in [0.717, 1.165) is 12.8 Å². The Morgan fingerprint density at radius 1 is 1.56 bits per heavy atom. The predicted molar refractivity (Wildman–Crippen MR) is 68.7 cm³/mol. The maximum absolute atomic E-state index is 13.2. The van der Waals surface area contributed by atoms with E-state index in [2.05, 4.69) is 5.32 Å². The van der Waals surface area contributed by atoms with Crippen LogP contribution in [-0.4, -0.2) is 26.3 Å². The second-order valence-electron chi connectivity index (χ2n) is 4.03. The fourth-order valence-corrected chi connectivity index (χ4v) is 1.70. The van der Waals surface area contributed by atoms with Crippen LogP contribution in [-0.2, 0) is 4.74 Å². The molecule has 98 valence electrons. The quantitative estimate of drug-likeness (QED) is 0.776. The lowest BCUT2D eigenvalue weighted by molar-refractivity contribution is 0.182. The van der Waals surface area contributed by atoms with E-state index in [0.29, 0.717) is 18.8 Å². The Balaban J connectivity index is 2.71. The third-order valence-electron chi connectivity index (χ3n) is 2.58. The van der Waals surface area contributed by atoms with E-state index < -0.39 is 5.82 Å². The topological polar surface area (TPSA) is 71.1 Å². The van der Waals surface area contributed by atoms with Crippen molar-refractivity contribution in [1.82, 2.24) is 0 Å². The van der Waals surface area contributed by atoms with Crippen LogP contribution >= 0.6 is 0 Å². The normalized spacial score (nSPS) is 11.9. The SMILES string of the molecule is COCC(CCCN)Nc1ccc(F)c(C#N)c1. The number of hydrogen-bond donors (Lipinski definition) is 2. The first-order valence-electron chi connectivity index (χ1n) is 5.86. The Kier molecular flexibility index (Phi) is 6.12. The predicted octanol–water partition coefficient (Wildman–Crippen LogP) is 1.86. The van der Waals surface area contributed by atoms with E-state index >= 15 is 0 Å². The summed E-state index contributed by atoms with van der Waals surface area (Å²) in [5, 5.41) is 12.0. The summed E-state index contributed by atoms with van der Waals surface area (Å²) in [5.41, 5.74) is 6.22. The van der Waals surface area contributed by atoms with Crippen molar-refractivity contribution in [3.8, 4) is 6.07 Å². The number of nitrogens with zero attached hydrogens (tertiary/aromatic N) is 1. The lowest BCUT2D eigenvalue weighted by Gasteiger charge is -2.19. The molecule has 4 nitrogen and oxygen atoms in total. The highest BCUT2D eigenvalue weighted by Gasteiger charge is 2.09. The van der Waals surface area contributed by atoms with Crippen molar-refractivity contribution in [3.63, 3.8) is 0 Å². The Hall–Kier alpha value is -1.64. The molecule has 0 amide bonds. The van der Waals surface area contributed by atoms with Gasteiger partial charge in [0.1, 0.15) is 11.9 Å². The molecule has 1 aromatic carbocycles. The van der Waals surface area contributed by atoms with Crippen molar-refractivity contribution in [2.24, 2.45) is 5.73 Å². The summed E-state index contributed by atoms with van der Waals surface area (Å²) < 4.78 is 18.3. The maximum atomic E-state index is 13.2. The molecular formula is C13H18FN3O. The van der Waals surface area contributed by atoms with E-state index in [4.69, 9.17) is 15.7 Å². The molecule has 0 radical (unpaired) electrons. The average molecular weight is 251 g/mol. The zero-order valence-electron chi connectivity index (χ0n) is 10.4. The van der Waals surface area contributed by atoms with Gasteiger partial charge in [-0.25, -0.2) is 4.39 Å². The summed E-state index contributed by atoms with van der Waals surface area (Å²) >= 11 is 0. The monoisotopic (exact) mass is 251 g/mol. The van der Waals surface area contributed by atoms with E-state index in [1.165, 1.54) is 12.1 Å². The molecule has 1 atom stereocenters. The Morgan fingerprint density at radius 3 is 2.94 bits per heavy atom. The Bertz CT molecular complexity index is 417. The standard InChI is InChI=1S/C13H18FN3O/c1-18-9-12(3-2-6-15)17-11-4-5-13(14)10(7-11)8-16/h4-5,7,12,17H,2-3,6,9,15H2,1H3. The van der Waals surface area contributed by atoms with Crippen LogP contribution in [0.25, 0.3) is 0 Å². The van der Waals surface area contributed by atoms with Gasteiger partial charge < -0.3 is 15.8 Å². The van der Waals surface area contributed by atoms with Gasteiger partial charge in [0.05, 0.1) is 12.2 Å². The van der Waals surface area contributed by atoms with Crippen molar-refractivity contribution in [2.75, 3.05) is 25.6 Å². The van der Waals surface area contributed by atoms with Gasteiger partial charge in [-0.3, -0.25) is 0 Å². The molecule has 0 spiro atoms. The Labute approximate surface area is 107 Å². The molecule has 0 aliphatic carbocycles. The van der Waals surface area contributed by atoms with Crippen LogP contribution in [0.3, 0.4) is 0 Å². The fraction of sp³-hybridized carbons (Fsp3) is 0.462. The van der Waals surface area contributed by atoms with Crippen LogP contribution in [0.5, 0.6) is 0 Å². The first kappa shape index (κ1) is 14.4. The van der Waals surface area contributed by atoms with Gasteiger partial charge in [-0.05, 0) is 37.6 Å². The summed E-state index contributed by atoms with van der Waals surface area (Å²) in [5.74, 6) is -0.506. The van der Waals surface area contributed by atoms with Crippen LogP contribution in [0.4, 0.5) is 10.1 Å². The van der Waals surface area contributed by atoms with Crippen molar-refractivity contribution < 1.29 is 9.13 Å². The molecule has 0 fully saturated rings. The molecule has 1 unspecified atom stereocenters. The van der Waals surface area contributed by atoms with Crippen LogP contribution in [0.15, 0.2) is 18.2 Å². The summed E-state index contributed by atoms with van der Waals surface area (Å²) in [6, 6.07) is 6.32. The molecule has 1 aromatic rings. The molecule has 5 heteroatoms. The van der Waals surface area contributed by atoms with Gasteiger partial charge in [-0.15, -0.1) is 0 Å². The summed E-state index contributed by atoms with van der Waals surface area (Å²) in [6.07, 6.45) is 1.75. The lowest BCUT2D eigenvalue weighted by atomic mass is 10.1.